The van der Waals surface area contributed by atoms with E-state index in [4.69, 9.17) is 0 Å². The Kier molecular flexibility index (Phi) is 7.35. The average Bonchev–Trinajstić information content (AvgIpc) is 2.26. The quantitative estimate of drug-likeness (QED) is 0.926. The van der Waals surface area contributed by atoms with E-state index in [0.717, 1.165) is 5.56 Å². The Hall–Kier alpha value is -2.05. The number of hydrogen-bond acceptors (Lipinski definition) is 3. The predicted molar refractivity (Wildman–Crippen MR) is 68.6 cm³/mol. The molecule has 0 radical (unpaired) electrons. The first-order valence-electron chi connectivity index (χ1n) is 5.62. The zero-order chi connectivity index (χ0) is 15.8. The van der Waals surface area contributed by atoms with E-state index in [2.05, 4.69) is 10.1 Å². The van der Waals surface area contributed by atoms with Crippen molar-refractivity contribution in [3.63, 3.8) is 0 Å². The number of amides is 1. The van der Waals surface area contributed by atoms with Crippen LogP contribution in [-0.2, 0) is 16.0 Å². The Morgan fingerprint density at radius 3 is 2.30 bits per heavy atom. The van der Waals surface area contributed by atoms with Crippen LogP contribution < -0.4 is 5.32 Å². The monoisotopic (exact) mass is 291 g/mol. The molecule has 0 aliphatic heterocycles. The van der Waals surface area contributed by atoms with Crippen molar-refractivity contribution in [1.82, 2.24) is 0 Å². The zero-order valence-electron chi connectivity index (χ0n) is 11.4. The largest absolute Gasteiger partial charge is 0.453 e. The topological polar surface area (TPSA) is 55.4 Å². The molecule has 1 aromatic carbocycles. The molecule has 0 saturated heterocycles. The van der Waals surface area contributed by atoms with Gasteiger partial charge >= 0.3 is 12.3 Å². The Morgan fingerprint density at radius 2 is 1.85 bits per heavy atom. The molecule has 7 heteroatoms. The number of ketones is 1. The Bertz CT molecular complexity index is 452. The number of ether oxygens (including phenoxy) is 1. The molecule has 4 nitrogen and oxygen atoms in total. The lowest BCUT2D eigenvalue weighted by molar-refractivity contribution is -0.116. The van der Waals surface area contributed by atoms with Gasteiger partial charge in [0.2, 0.25) is 0 Å². The first-order valence-corrected chi connectivity index (χ1v) is 5.62. The third kappa shape index (κ3) is 11.1. The Morgan fingerprint density at radius 1 is 1.30 bits per heavy atom. The highest BCUT2D eigenvalue weighted by molar-refractivity contribution is 5.85. The number of methoxy groups -OCH3 is 1. The van der Waals surface area contributed by atoms with E-state index >= 15 is 0 Å². The number of anilines is 1. The molecule has 1 amide bonds. The van der Waals surface area contributed by atoms with E-state index in [1.807, 2.05) is 6.07 Å². The minimum absolute atomic E-state index is 0.0882. The maximum Gasteiger partial charge on any atom is 0.411 e. The molecule has 20 heavy (non-hydrogen) atoms. The molecule has 0 aromatic heterocycles. The van der Waals surface area contributed by atoms with E-state index in [1.165, 1.54) is 14.0 Å². The molecule has 0 unspecified atom stereocenters. The second-order valence-electron chi connectivity index (χ2n) is 3.98. The van der Waals surface area contributed by atoms with Crippen LogP contribution in [0.1, 0.15) is 19.4 Å². The van der Waals surface area contributed by atoms with E-state index < -0.39 is 12.3 Å². The van der Waals surface area contributed by atoms with Crippen LogP contribution in [-0.4, -0.2) is 25.2 Å². The molecule has 0 atom stereocenters. The fourth-order valence-electron chi connectivity index (χ4n) is 1.22. The van der Waals surface area contributed by atoms with E-state index in [1.54, 1.807) is 18.2 Å². The third-order valence-electron chi connectivity index (χ3n) is 1.81. The van der Waals surface area contributed by atoms with Gasteiger partial charge in [-0.2, -0.15) is 13.2 Å². The van der Waals surface area contributed by atoms with Crippen LogP contribution in [0.3, 0.4) is 0 Å². The number of Topliss-reactive ketones (excluding diaryl/α,β-unsaturated/α-hetero) is 1. The maximum absolute atomic E-state index is 10.9. The smallest absolute Gasteiger partial charge is 0.411 e. The maximum atomic E-state index is 10.9. The number of hydrogen-bond donors (Lipinski definition) is 1. The molecular weight excluding hydrogens is 275 g/mol. The lowest BCUT2D eigenvalue weighted by Gasteiger charge is -2.05. The summed E-state index contributed by atoms with van der Waals surface area (Å²) in [5.41, 5.74) is 1.50. The highest BCUT2D eigenvalue weighted by Gasteiger charge is 2.15. The number of nitrogens with one attached hydrogen (secondary N) is 1. The summed E-state index contributed by atoms with van der Waals surface area (Å²) < 4.78 is 35.5. The number of rotatable bonds is 3. The number of carbonyl (C=O) groups is 2. The molecule has 0 heterocycles. The van der Waals surface area contributed by atoms with Crippen LogP contribution in [0, 0.1) is 0 Å². The standard InChI is InChI=1S/C11H13NO3.C2H3F3/c1-8(13)6-9-4-3-5-10(7-9)12-11(14)15-2;1-2(3,4)5/h3-5,7H,6H2,1-2H3,(H,12,14);1H3. The lowest BCUT2D eigenvalue weighted by Crippen LogP contribution is -2.11. The van der Waals surface area contributed by atoms with Crippen molar-refractivity contribution < 1.29 is 27.5 Å². The van der Waals surface area contributed by atoms with Crippen molar-refractivity contribution in [1.29, 1.82) is 0 Å². The summed E-state index contributed by atoms with van der Waals surface area (Å²) in [6, 6.07) is 7.10. The summed E-state index contributed by atoms with van der Waals surface area (Å²) in [5, 5.41) is 2.53. The highest BCUT2D eigenvalue weighted by atomic mass is 19.4. The number of benzene rings is 1. The molecule has 0 aliphatic carbocycles. The van der Waals surface area contributed by atoms with Crippen molar-refractivity contribution in [2.75, 3.05) is 12.4 Å². The average molecular weight is 291 g/mol. The van der Waals surface area contributed by atoms with Gasteiger partial charge < -0.3 is 4.74 Å². The van der Waals surface area contributed by atoms with E-state index in [0.29, 0.717) is 12.1 Å². The van der Waals surface area contributed by atoms with Crippen molar-refractivity contribution in [3.8, 4) is 0 Å². The summed E-state index contributed by atoms with van der Waals surface area (Å²) >= 11 is 0. The SMILES string of the molecule is CC(F)(F)F.COC(=O)Nc1cccc(CC(C)=O)c1. The minimum atomic E-state index is -4.00. The van der Waals surface area contributed by atoms with Gasteiger partial charge in [-0.1, -0.05) is 12.1 Å². The second-order valence-corrected chi connectivity index (χ2v) is 3.98. The van der Waals surface area contributed by atoms with Gasteiger partial charge in [-0.05, 0) is 24.6 Å². The third-order valence-corrected chi connectivity index (χ3v) is 1.81. The normalized spacial score (nSPS) is 10.1. The van der Waals surface area contributed by atoms with Crippen molar-refractivity contribution in [3.05, 3.63) is 29.8 Å². The number of alkyl halides is 3. The first-order chi connectivity index (χ1) is 9.11. The number of carbonyl (C=O) groups excluding carboxylic acids is 2. The van der Waals surface area contributed by atoms with Gasteiger partial charge in [0, 0.05) is 19.0 Å². The molecule has 1 aromatic rings. The van der Waals surface area contributed by atoms with E-state index in [9.17, 15) is 22.8 Å². The number of halogens is 3. The lowest BCUT2D eigenvalue weighted by atomic mass is 10.1. The van der Waals surface area contributed by atoms with Gasteiger partial charge in [0.1, 0.15) is 5.78 Å². The van der Waals surface area contributed by atoms with Gasteiger partial charge in [0.05, 0.1) is 7.11 Å². The minimum Gasteiger partial charge on any atom is -0.453 e. The van der Waals surface area contributed by atoms with Gasteiger partial charge in [0.25, 0.3) is 0 Å². The van der Waals surface area contributed by atoms with Crippen molar-refractivity contribution in [2.45, 2.75) is 26.4 Å². The summed E-state index contributed by atoms with van der Waals surface area (Å²) in [7, 11) is 1.30. The molecule has 0 bridgehead atoms. The predicted octanol–water partition coefficient (Wildman–Crippen LogP) is 3.57. The van der Waals surface area contributed by atoms with Crippen molar-refractivity contribution in [2.24, 2.45) is 0 Å². The van der Waals surface area contributed by atoms with Crippen molar-refractivity contribution >= 4 is 17.6 Å². The molecule has 0 saturated carbocycles. The fraction of sp³-hybridized carbons (Fsp3) is 0.385. The van der Waals surface area contributed by atoms with Crippen LogP contribution in [0.15, 0.2) is 24.3 Å². The molecule has 1 rings (SSSR count). The molecule has 112 valence electrons. The van der Waals surface area contributed by atoms with Crippen LogP contribution in [0.5, 0.6) is 0 Å². The molecule has 1 N–H and O–H groups in total. The van der Waals surface area contributed by atoms with Crippen LogP contribution in [0.25, 0.3) is 0 Å². The Labute approximate surface area is 114 Å². The van der Waals surface area contributed by atoms with E-state index in [-0.39, 0.29) is 12.7 Å². The van der Waals surface area contributed by atoms with Crippen LogP contribution in [0.4, 0.5) is 23.7 Å². The Balaban J connectivity index is 0.000000621. The summed E-state index contributed by atoms with van der Waals surface area (Å²) in [6.07, 6.45) is -4.15. The molecule has 0 spiro atoms. The molecule has 0 fully saturated rings. The highest BCUT2D eigenvalue weighted by Crippen LogP contribution is 2.11. The fourth-order valence-corrected chi connectivity index (χ4v) is 1.22. The summed E-state index contributed by atoms with van der Waals surface area (Å²) in [5.74, 6) is 0.0882. The van der Waals surface area contributed by atoms with Gasteiger partial charge in [-0.25, -0.2) is 4.79 Å². The van der Waals surface area contributed by atoms with Gasteiger partial charge in [-0.3, -0.25) is 10.1 Å². The van der Waals surface area contributed by atoms with Gasteiger partial charge in [-0.15, -0.1) is 0 Å². The van der Waals surface area contributed by atoms with Gasteiger partial charge in [0.15, 0.2) is 0 Å². The summed E-state index contributed by atoms with van der Waals surface area (Å²) in [6.45, 7) is 1.72. The molecular formula is C13H16F3NO3. The second kappa shape index (κ2) is 8.19. The molecule has 0 aliphatic rings. The first kappa shape index (κ1) is 17.9. The summed E-state index contributed by atoms with van der Waals surface area (Å²) in [4.78, 5) is 21.8. The van der Waals surface area contributed by atoms with Crippen LogP contribution in [0.2, 0.25) is 0 Å². The zero-order valence-corrected chi connectivity index (χ0v) is 11.4. The van der Waals surface area contributed by atoms with Crippen LogP contribution >= 0.6 is 0 Å².